The summed E-state index contributed by atoms with van der Waals surface area (Å²) in [5.74, 6) is -3.03. The third-order valence-electron chi connectivity index (χ3n) is 7.35. The van der Waals surface area contributed by atoms with Gasteiger partial charge in [0.05, 0.1) is 24.4 Å². The van der Waals surface area contributed by atoms with Crippen LogP contribution in [-0.4, -0.2) is 72.5 Å². The topological polar surface area (TPSA) is 96.0 Å². The fourth-order valence-corrected chi connectivity index (χ4v) is 7.24. The lowest BCUT2D eigenvalue weighted by atomic mass is 9.85. The number of sulfonamides is 1. The van der Waals surface area contributed by atoms with Crippen LogP contribution in [0, 0.1) is 28.9 Å². The first-order valence-corrected chi connectivity index (χ1v) is 14.9. The van der Waals surface area contributed by atoms with Crippen molar-refractivity contribution < 1.29 is 31.5 Å². The first kappa shape index (κ1) is 30.3. The van der Waals surface area contributed by atoms with Crippen molar-refractivity contribution in [3.63, 3.8) is 0 Å². The van der Waals surface area contributed by atoms with E-state index in [1.165, 1.54) is 10.4 Å². The molecule has 0 saturated carbocycles. The highest BCUT2D eigenvalue weighted by atomic mass is 32.2. The first-order chi connectivity index (χ1) is 17.6. The van der Waals surface area contributed by atoms with Crippen LogP contribution < -0.4 is 10.1 Å². The van der Waals surface area contributed by atoms with Crippen LogP contribution in [0.15, 0.2) is 18.2 Å². The van der Waals surface area contributed by atoms with Gasteiger partial charge >= 0.3 is 0 Å². The Morgan fingerprint density at radius 1 is 1.16 bits per heavy atom. The van der Waals surface area contributed by atoms with E-state index >= 15 is 0 Å². The summed E-state index contributed by atoms with van der Waals surface area (Å²) in [7, 11) is -3.67. The van der Waals surface area contributed by atoms with Crippen LogP contribution in [0.4, 0.5) is 8.78 Å². The van der Waals surface area contributed by atoms with Crippen molar-refractivity contribution in [3.8, 4) is 5.75 Å². The van der Waals surface area contributed by atoms with E-state index in [1.807, 2.05) is 41.5 Å². The molecule has 2 saturated heterocycles. The van der Waals surface area contributed by atoms with Crippen molar-refractivity contribution in [2.45, 2.75) is 85.5 Å². The molecule has 5 atom stereocenters. The molecule has 0 aliphatic carbocycles. The molecular formula is C27H41F2N3O5S. The average molecular weight is 558 g/mol. The second-order valence-electron chi connectivity index (χ2n) is 12.0. The van der Waals surface area contributed by atoms with Gasteiger partial charge in [-0.25, -0.2) is 17.2 Å². The summed E-state index contributed by atoms with van der Waals surface area (Å²) in [5.41, 5.74) is -0.614. The van der Waals surface area contributed by atoms with Crippen molar-refractivity contribution in [3.05, 3.63) is 29.8 Å². The van der Waals surface area contributed by atoms with E-state index < -0.39 is 51.3 Å². The highest BCUT2D eigenvalue weighted by Gasteiger charge is 2.56. The fourth-order valence-electron chi connectivity index (χ4n) is 5.19. The number of benzene rings is 1. The molecule has 0 unspecified atom stereocenters. The Balaban J connectivity index is 1.97. The maximum absolute atomic E-state index is 14.0. The van der Waals surface area contributed by atoms with Gasteiger partial charge in [-0.05, 0) is 36.3 Å². The van der Waals surface area contributed by atoms with Crippen molar-refractivity contribution >= 4 is 21.8 Å². The summed E-state index contributed by atoms with van der Waals surface area (Å²) in [6.45, 7) is 13.2. The Labute approximate surface area is 225 Å². The van der Waals surface area contributed by atoms with Crippen molar-refractivity contribution in [2.24, 2.45) is 17.3 Å². The maximum atomic E-state index is 14.0. The molecule has 2 aliphatic heterocycles. The van der Waals surface area contributed by atoms with Crippen LogP contribution >= 0.6 is 0 Å². The number of fused-ring (bicyclic) bond motifs is 1. The largest absolute Gasteiger partial charge is 0.487 e. The quantitative estimate of drug-likeness (QED) is 0.501. The highest BCUT2D eigenvalue weighted by molar-refractivity contribution is 7.89. The van der Waals surface area contributed by atoms with Gasteiger partial charge in [0.15, 0.2) is 11.6 Å². The number of rotatable bonds is 9. The number of hydrogen-bond donors (Lipinski definition) is 1. The molecule has 0 spiro atoms. The molecule has 38 heavy (non-hydrogen) atoms. The summed E-state index contributed by atoms with van der Waals surface area (Å²) in [5, 5.41) is 2.92. The molecule has 2 aliphatic rings. The van der Waals surface area contributed by atoms with E-state index in [0.717, 1.165) is 12.1 Å². The number of nitrogens with one attached hydrogen (secondary N) is 1. The van der Waals surface area contributed by atoms with Crippen LogP contribution in [0.3, 0.4) is 0 Å². The van der Waals surface area contributed by atoms with Crippen LogP contribution in [0.1, 0.15) is 61.3 Å². The molecule has 0 radical (unpaired) electrons. The minimum absolute atomic E-state index is 0.0213. The van der Waals surface area contributed by atoms with Crippen LogP contribution in [0.25, 0.3) is 0 Å². The van der Waals surface area contributed by atoms with E-state index in [-0.39, 0.29) is 48.2 Å². The molecule has 11 heteroatoms. The lowest BCUT2D eigenvalue weighted by molar-refractivity contribution is -0.142. The van der Waals surface area contributed by atoms with Gasteiger partial charge in [0.1, 0.15) is 17.9 Å². The molecule has 1 aromatic carbocycles. The Hall–Kier alpha value is -2.27. The van der Waals surface area contributed by atoms with Crippen molar-refractivity contribution in [1.29, 1.82) is 0 Å². The second-order valence-corrected chi connectivity index (χ2v) is 13.9. The summed E-state index contributed by atoms with van der Waals surface area (Å²) in [6, 6.07) is 1.13. The molecule has 2 heterocycles. The molecule has 2 amide bonds. The van der Waals surface area contributed by atoms with Gasteiger partial charge in [0.25, 0.3) is 0 Å². The minimum atomic E-state index is -3.67. The van der Waals surface area contributed by atoms with E-state index in [0.29, 0.717) is 12.8 Å². The van der Waals surface area contributed by atoms with E-state index in [4.69, 9.17) is 4.74 Å². The molecule has 214 valence electrons. The number of halogens is 2. The lowest BCUT2D eigenvalue weighted by Crippen LogP contribution is -2.58. The van der Waals surface area contributed by atoms with Gasteiger partial charge in [-0.1, -0.05) is 48.5 Å². The number of nitrogens with zero attached hydrogens (tertiary/aromatic N) is 2. The van der Waals surface area contributed by atoms with Crippen LogP contribution in [0.5, 0.6) is 5.75 Å². The second kappa shape index (κ2) is 11.5. The Morgan fingerprint density at radius 3 is 2.37 bits per heavy atom. The predicted molar refractivity (Wildman–Crippen MR) is 141 cm³/mol. The SMILES string of the molecule is CC[C@@H](C)C(=O)N[C@H](C(=O)N1CC[C@@H]2[C@H]1[C@@H](Oc1ccc(F)c(F)c1)CN2S(=O)(=O)CC(C)C)C(C)(C)C. The molecule has 3 rings (SSSR count). The first-order valence-electron chi connectivity index (χ1n) is 13.3. The summed E-state index contributed by atoms with van der Waals surface area (Å²) >= 11 is 0. The molecule has 2 fully saturated rings. The van der Waals surface area contributed by atoms with Gasteiger partial charge in [0, 0.05) is 18.5 Å². The predicted octanol–water partition coefficient (Wildman–Crippen LogP) is 3.56. The third-order valence-corrected chi connectivity index (χ3v) is 9.58. The maximum Gasteiger partial charge on any atom is 0.246 e. The molecule has 8 nitrogen and oxygen atoms in total. The van der Waals surface area contributed by atoms with E-state index in [1.54, 1.807) is 11.8 Å². The van der Waals surface area contributed by atoms with Crippen molar-refractivity contribution in [1.82, 2.24) is 14.5 Å². The average Bonchev–Trinajstić information content (AvgIpc) is 3.38. The smallest absolute Gasteiger partial charge is 0.246 e. The number of amides is 2. The fraction of sp³-hybridized carbons (Fsp3) is 0.704. The zero-order valence-electron chi connectivity index (χ0n) is 23.3. The molecule has 1 N–H and O–H groups in total. The molecular weight excluding hydrogens is 516 g/mol. The Kier molecular flexibility index (Phi) is 9.13. The number of hydrogen-bond acceptors (Lipinski definition) is 5. The number of likely N-dealkylation sites (tertiary alicyclic amines) is 1. The van der Waals surface area contributed by atoms with Gasteiger partial charge in [-0.15, -0.1) is 0 Å². The third kappa shape index (κ3) is 6.47. The summed E-state index contributed by atoms with van der Waals surface area (Å²) in [6.07, 6.45) is 0.226. The van der Waals surface area contributed by atoms with Gasteiger partial charge in [-0.3, -0.25) is 9.59 Å². The molecule has 0 aromatic heterocycles. The van der Waals surface area contributed by atoms with E-state index in [2.05, 4.69) is 5.32 Å². The summed E-state index contributed by atoms with van der Waals surface area (Å²) < 4.78 is 61.5. The normalized spacial score (nSPS) is 23.8. The zero-order chi connectivity index (χ0) is 28.6. The lowest BCUT2D eigenvalue weighted by Gasteiger charge is -2.37. The van der Waals surface area contributed by atoms with Crippen LogP contribution in [0.2, 0.25) is 0 Å². The van der Waals surface area contributed by atoms with E-state index in [9.17, 15) is 26.8 Å². The zero-order valence-corrected chi connectivity index (χ0v) is 24.1. The minimum Gasteiger partial charge on any atom is -0.487 e. The van der Waals surface area contributed by atoms with Gasteiger partial charge in [0.2, 0.25) is 21.8 Å². The van der Waals surface area contributed by atoms with Crippen molar-refractivity contribution in [2.75, 3.05) is 18.8 Å². The van der Waals surface area contributed by atoms with Gasteiger partial charge in [-0.2, -0.15) is 4.31 Å². The highest BCUT2D eigenvalue weighted by Crippen LogP contribution is 2.38. The molecule has 1 aromatic rings. The Bertz CT molecular complexity index is 1140. The summed E-state index contributed by atoms with van der Waals surface area (Å²) in [4.78, 5) is 28.4. The number of ether oxygens (including phenoxy) is 1. The standard InChI is InChI=1S/C27H41F2N3O5S/c1-8-17(4)25(33)30-24(27(5,6)7)26(34)31-12-11-21-23(31)22(14-32(21)38(35,36)15-16(2)3)37-18-9-10-19(28)20(29)13-18/h9-10,13,16-17,21-24H,8,11-12,14-15H2,1-7H3,(H,30,33)/t17-,21-,22+,23+,24-/m1/s1. The number of carbonyl (C=O) groups is 2. The monoisotopic (exact) mass is 557 g/mol. The van der Waals surface area contributed by atoms with Crippen LogP contribution in [-0.2, 0) is 19.6 Å². The van der Waals surface area contributed by atoms with Gasteiger partial charge < -0.3 is 15.0 Å². The molecule has 0 bridgehead atoms. The number of carbonyl (C=O) groups excluding carboxylic acids is 2. The Morgan fingerprint density at radius 2 is 1.82 bits per heavy atom.